The van der Waals surface area contributed by atoms with Gasteiger partial charge in [-0.3, -0.25) is 9.59 Å². The van der Waals surface area contributed by atoms with E-state index in [9.17, 15) is 9.59 Å². The first kappa shape index (κ1) is 21.1. The van der Waals surface area contributed by atoms with Gasteiger partial charge in [0.15, 0.2) is 10.9 Å². The lowest BCUT2D eigenvalue weighted by Gasteiger charge is -2.20. The van der Waals surface area contributed by atoms with Crippen molar-refractivity contribution >= 4 is 39.9 Å². The fourth-order valence-corrected chi connectivity index (χ4v) is 3.85. The number of aromatic nitrogens is 1. The molecule has 1 aromatic carbocycles. The number of rotatable bonds is 7. The zero-order valence-electron chi connectivity index (χ0n) is 16.4. The van der Waals surface area contributed by atoms with Gasteiger partial charge in [-0.2, -0.15) is 0 Å². The van der Waals surface area contributed by atoms with Crippen LogP contribution < -0.4 is 10.6 Å². The molecule has 6 nitrogen and oxygen atoms in total. The second-order valence-corrected chi connectivity index (χ2v) is 8.51. The molecule has 0 fully saturated rings. The molecular formula is C21H22ClN3O3S. The molecular weight excluding hydrogens is 410 g/mol. The van der Waals surface area contributed by atoms with Crippen LogP contribution in [0.4, 0.5) is 5.13 Å². The van der Waals surface area contributed by atoms with Gasteiger partial charge in [0.1, 0.15) is 6.04 Å². The van der Waals surface area contributed by atoms with Gasteiger partial charge in [0, 0.05) is 22.5 Å². The number of amides is 2. The highest BCUT2D eigenvalue weighted by Gasteiger charge is 2.26. The van der Waals surface area contributed by atoms with E-state index in [2.05, 4.69) is 15.6 Å². The number of aryl methyl sites for hydroxylation is 1. The molecule has 0 saturated carbocycles. The predicted molar refractivity (Wildman–Crippen MR) is 115 cm³/mol. The highest BCUT2D eigenvalue weighted by atomic mass is 35.5. The number of furan rings is 1. The van der Waals surface area contributed by atoms with Crippen molar-refractivity contribution in [3.05, 3.63) is 69.6 Å². The smallest absolute Gasteiger partial charge is 0.287 e. The van der Waals surface area contributed by atoms with Crippen molar-refractivity contribution in [2.75, 3.05) is 5.32 Å². The summed E-state index contributed by atoms with van der Waals surface area (Å²) in [5.41, 5.74) is 2.04. The van der Waals surface area contributed by atoms with Crippen LogP contribution in [0.1, 0.15) is 40.4 Å². The molecule has 3 aromatic rings. The third kappa shape index (κ3) is 5.25. The van der Waals surface area contributed by atoms with Crippen molar-refractivity contribution in [3.8, 4) is 0 Å². The average Bonchev–Trinajstić information content (AvgIpc) is 3.35. The molecule has 0 spiro atoms. The molecule has 0 radical (unpaired) electrons. The van der Waals surface area contributed by atoms with Gasteiger partial charge in [-0.05, 0) is 36.1 Å². The van der Waals surface area contributed by atoms with Gasteiger partial charge in [0.05, 0.1) is 6.26 Å². The zero-order valence-corrected chi connectivity index (χ0v) is 17.9. The second-order valence-electron chi connectivity index (χ2n) is 7.02. The van der Waals surface area contributed by atoms with E-state index in [-0.39, 0.29) is 17.6 Å². The van der Waals surface area contributed by atoms with E-state index in [1.54, 1.807) is 18.3 Å². The van der Waals surface area contributed by atoms with Crippen LogP contribution in [0.5, 0.6) is 0 Å². The summed E-state index contributed by atoms with van der Waals surface area (Å²) in [7, 11) is 0. The number of hydrogen-bond donors (Lipinski definition) is 2. The van der Waals surface area contributed by atoms with Gasteiger partial charge in [0.2, 0.25) is 5.91 Å². The maximum Gasteiger partial charge on any atom is 0.287 e. The van der Waals surface area contributed by atoms with Gasteiger partial charge in [-0.1, -0.05) is 43.6 Å². The molecule has 2 aromatic heterocycles. The Hall–Kier alpha value is -2.64. The molecule has 2 amide bonds. The minimum absolute atomic E-state index is 0.112. The molecule has 2 heterocycles. The Balaban J connectivity index is 1.66. The van der Waals surface area contributed by atoms with Crippen molar-refractivity contribution in [2.24, 2.45) is 5.92 Å². The van der Waals surface area contributed by atoms with Crippen LogP contribution in [0.3, 0.4) is 0 Å². The Kier molecular flexibility index (Phi) is 6.71. The molecule has 0 aliphatic rings. The standard InChI is InChI=1S/C21H22ClN3O3S/c1-12(2)18(24-19(26)16-8-5-9-28-16)20(27)25-21-23-11-15(29-21)10-14-7-4-6-13(3)17(14)22/h4-9,11-12,18H,10H2,1-3H3,(H,24,26)(H,23,25,27). The highest BCUT2D eigenvalue weighted by Crippen LogP contribution is 2.27. The summed E-state index contributed by atoms with van der Waals surface area (Å²) in [6.45, 7) is 5.69. The molecule has 1 unspecified atom stereocenters. The van der Waals surface area contributed by atoms with Crippen LogP contribution >= 0.6 is 22.9 Å². The summed E-state index contributed by atoms with van der Waals surface area (Å²) < 4.78 is 5.09. The van der Waals surface area contributed by atoms with Crippen molar-refractivity contribution < 1.29 is 14.0 Å². The Morgan fingerprint density at radius 3 is 2.72 bits per heavy atom. The molecule has 3 rings (SSSR count). The Morgan fingerprint density at radius 2 is 2.03 bits per heavy atom. The Labute approximate surface area is 178 Å². The van der Waals surface area contributed by atoms with Gasteiger partial charge in [-0.25, -0.2) is 4.98 Å². The Morgan fingerprint density at radius 1 is 1.24 bits per heavy atom. The maximum atomic E-state index is 12.7. The van der Waals surface area contributed by atoms with Crippen LogP contribution in [-0.2, 0) is 11.2 Å². The number of nitrogens with zero attached hydrogens (tertiary/aromatic N) is 1. The quantitative estimate of drug-likeness (QED) is 0.568. The molecule has 0 saturated heterocycles. The number of hydrogen-bond acceptors (Lipinski definition) is 5. The van der Waals surface area contributed by atoms with Crippen LogP contribution in [-0.4, -0.2) is 22.8 Å². The predicted octanol–water partition coefficient (Wildman–Crippen LogP) is 4.68. The molecule has 29 heavy (non-hydrogen) atoms. The molecule has 152 valence electrons. The third-order valence-corrected chi connectivity index (χ3v) is 5.85. The molecule has 8 heteroatoms. The van der Waals surface area contributed by atoms with Gasteiger partial charge >= 0.3 is 0 Å². The average molecular weight is 432 g/mol. The van der Waals surface area contributed by atoms with E-state index >= 15 is 0 Å². The Bertz CT molecular complexity index is 999. The van der Waals surface area contributed by atoms with E-state index in [4.69, 9.17) is 16.0 Å². The topological polar surface area (TPSA) is 84.2 Å². The highest BCUT2D eigenvalue weighted by molar-refractivity contribution is 7.15. The lowest BCUT2D eigenvalue weighted by Crippen LogP contribution is -2.47. The van der Waals surface area contributed by atoms with E-state index in [0.717, 1.165) is 21.0 Å². The normalized spacial score (nSPS) is 12.0. The van der Waals surface area contributed by atoms with E-state index in [1.165, 1.54) is 17.6 Å². The number of carbonyl (C=O) groups is 2. The number of benzene rings is 1. The molecule has 0 bridgehead atoms. The van der Waals surface area contributed by atoms with E-state index < -0.39 is 11.9 Å². The van der Waals surface area contributed by atoms with Crippen LogP contribution in [0, 0.1) is 12.8 Å². The fraction of sp³-hybridized carbons (Fsp3) is 0.286. The number of nitrogens with one attached hydrogen (secondary N) is 2. The monoisotopic (exact) mass is 431 g/mol. The first-order valence-electron chi connectivity index (χ1n) is 9.19. The van der Waals surface area contributed by atoms with Crippen molar-refractivity contribution in [1.82, 2.24) is 10.3 Å². The van der Waals surface area contributed by atoms with Crippen molar-refractivity contribution in [1.29, 1.82) is 0 Å². The summed E-state index contributed by atoms with van der Waals surface area (Å²) in [5, 5.41) is 6.73. The maximum absolute atomic E-state index is 12.7. The van der Waals surface area contributed by atoms with Crippen LogP contribution in [0.2, 0.25) is 5.02 Å². The first-order chi connectivity index (χ1) is 13.8. The number of thiazole rings is 1. The minimum atomic E-state index is -0.717. The first-order valence-corrected chi connectivity index (χ1v) is 10.4. The second kappa shape index (κ2) is 9.24. The lowest BCUT2D eigenvalue weighted by molar-refractivity contribution is -0.118. The largest absolute Gasteiger partial charge is 0.459 e. The minimum Gasteiger partial charge on any atom is -0.459 e. The summed E-state index contributed by atoms with van der Waals surface area (Å²) in [6.07, 6.45) is 3.78. The van der Waals surface area contributed by atoms with Crippen LogP contribution in [0.25, 0.3) is 0 Å². The molecule has 2 N–H and O–H groups in total. The van der Waals surface area contributed by atoms with E-state index in [1.807, 2.05) is 39.0 Å². The van der Waals surface area contributed by atoms with Gasteiger partial charge in [-0.15, -0.1) is 11.3 Å². The van der Waals surface area contributed by atoms with E-state index in [0.29, 0.717) is 11.6 Å². The van der Waals surface area contributed by atoms with Crippen molar-refractivity contribution in [2.45, 2.75) is 33.2 Å². The van der Waals surface area contributed by atoms with Gasteiger partial charge in [0.25, 0.3) is 5.91 Å². The third-order valence-electron chi connectivity index (χ3n) is 4.40. The summed E-state index contributed by atoms with van der Waals surface area (Å²) in [4.78, 5) is 30.2. The van der Waals surface area contributed by atoms with Gasteiger partial charge < -0.3 is 15.1 Å². The summed E-state index contributed by atoms with van der Waals surface area (Å²) in [5.74, 6) is -0.707. The number of halogens is 1. The molecule has 1 atom stereocenters. The van der Waals surface area contributed by atoms with Crippen molar-refractivity contribution in [3.63, 3.8) is 0 Å². The lowest BCUT2D eigenvalue weighted by atomic mass is 10.0. The molecule has 0 aliphatic carbocycles. The summed E-state index contributed by atoms with van der Waals surface area (Å²) in [6, 6.07) is 8.37. The zero-order chi connectivity index (χ0) is 21.0. The SMILES string of the molecule is Cc1cccc(Cc2cnc(NC(=O)C(NC(=O)c3ccco3)C(C)C)s2)c1Cl. The number of anilines is 1. The summed E-state index contributed by atoms with van der Waals surface area (Å²) >= 11 is 7.75. The molecule has 0 aliphatic heterocycles. The number of carbonyl (C=O) groups excluding carboxylic acids is 2. The fourth-order valence-electron chi connectivity index (χ4n) is 2.82. The van der Waals surface area contributed by atoms with Crippen LogP contribution in [0.15, 0.2) is 47.2 Å².